The van der Waals surface area contributed by atoms with Gasteiger partial charge in [0.15, 0.2) is 0 Å². The van der Waals surface area contributed by atoms with Crippen molar-refractivity contribution >= 4 is 5.91 Å². The van der Waals surface area contributed by atoms with Crippen molar-refractivity contribution in [3.05, 3.63) is 47.1 Å². The Kier molecular flexibility index (Phi) is 4.57. The number of hydrogen-bond donors (Lipinski definition) is 1. The lowest BCUT2D eigenvalue weighted by Gasteiger charge is -2.12. The van der Waals surface area contributed by atoms with Crippen LogP contribution in [-0.4, -0.2) is 25.8 Å². The standard InChI is InChI=1S/C15H19N5O/c1-9(2)14-13(8-17-11(4)20-14)15(21)18-7-12-5-6-16-10(3)19-12/h5-6,8-9H,7H2,1-4H3,(H,18,21). The highest BCUT2D eigenvalue weighted by Gasteiger charge is 2.16. The van der Waals surface area contributed by atoms with Crippen LogP contribution in [0.4, 0.5) is 0 Å². The minimum atomic E-state index is -0.185. The summed E-state index contributed by atoms with van der Waals surface area (Å²) in [5, 5.41) is 2.85. The highest BCUT2D eigenvalue weighted by atomic mass is 16.1. The zero-order valence-electron chi connectivity index (χ0n) is 12.7. The van der Waals surface area contributed by atoms with Gasteiger partial charge in [-0.2, -0.15) is 0 Å². The highest BCUT2D eigenvalue weighted by molar-refractivity contribution is 5.95. The van der Waals surface area contributed by atoms with Crippen molar-refractivity contribution in [2.24, 2.45) is 0 Å². The van der Waals surface area contributed by atoms with Gasteiger partial charge in [0.25, 0.3) is 5.91 Å². The van der Waals surface area contributed by atoms with Crippen LogP contribution in [0.15, 0.2) is 18.5 Å². The van der Waals surface area contributed by atoms with Gasteiger partial charge in [-0.25, -0.2) is 19.9 Å². The van der Waals surface area contributed by atoms with E-state index < -0.39 is 0 Å². The molecule has 0 saturated carbocycles. The van der Waals surface area contributed by atoms with Crippen LogP contribution in [0.1, 0.15) is 53.2 Å². The molecule has 21 heavy (non-hydrogen) atoms. The molecular formula is C15H19N5O. The maximum atomic E-state index is 12.3. The van der Waals surface area contributed by atoms with Crippen LogP contribution in [0, 0.1) is 13.8 Å². The number of hydrogen-bond acceptors (Lipinski definition) is 5. The van der Waals surface area contributed by atoms with Gasteiger partial charge in [-0.05, 0) is 25.8 Å². The third-order valence-electron chi connectivity index (χ3n) is 2.99. The lowest BCUT2D eigenvalue weighted by Crippen LogP contribution is -2.25. The first-order valence-corrected chi connectivity index (χ1v) is 6.87. The second-order valence-corrected chi connectivity index (χ2v) is 5.15. The number of nitrogens with zero attached hydrogens (tertiary/aromatic N) is 4. The van der Waals surface area contributed by atoms with Crippen molar-refractivity contribution in [1.29, 1.82) is 0 Å². The molecule has 0 unspecified atom stereocenters. The van der Waals surface area contributed by atoms with E-state index in [1.54, 1.807) is 18.5 Å². The van der Waals surface area contributed by atoms with E-state index in [2.05, 4.69) is 25.3 Å². The summed E-state index contributed by atoms with van der Waals surface area (Å²) < 4.78 is 0. The number of aromatic nitrogens is 4. The van der Waals surface area contributed by atoms with Crippen molar-refractivity contribution < 1.29 is 4.79 Å². The summed E-state index contributed by atoms with van der Waals surface area (Å²) in [6.45, 7) is 8.00. The first-order chi connectivity index (χ1) is 9.97. The second-order valence-electron chi connectivity index (χ2n) is 5.15. The largest absolute Gasteiger partial charge is 0.346 e. The number of rotatable bonds is 4. The van der Waals surface area contributed by atoms with E-state index in [4.69, 9.17) is 0 Å². The van der Waals surface area contributed by atoms with Gasteiger partial charge in [0.05, 0.1) is 23.5 Å². The van der Waals surface area contributed by atoms with Gasteiger partial charge in [0.1, 0.15) is 11.6 Å². The first-order valence-electron chi connectivity index (χ1n) is 6.87. The van der Waals surface area contributed by atoms with Gasteiger partial charge in [0, 0.05) is 12.4 Å². The molecule has 0 atom stereocenters. The van der Waals surface area contributed by atoms with Gasteiger partial charge < -0.3 is 5.32 Å². The van der Waals surface area contributed by atoms with Gasteiger partial charge >= 0.3 is 0 Å². The summed E-state index contributed by atoms with van der Waals surface area (Å²) in [5.41, 5.74) is 2.05. The molecule has 0 aliphatic carbocycles. The first kappa shape index (κ1) is 15.0. The monoisotopic (exact) mass is 285 g/mol. The Morgan fingerprint density at radius 1 is 1.19 bits per heavy atom. The molecule has 0 saturated heterocycles. The van der Waals surface area contributed by atoms with E-state index in [1.807, 2.05) is 27.7 Å². The molecule has 2 aromatic heterocycles. The topological polar surface area (TPSA) is 80.7 Å². The fourth-order valence-corrected chi connectivity index (χ4v) is 1.97. The Morgan fingerprint density at radius 3 is 2.57 bits per heavy atom. The lowest BCUT2D eigenvalue weighted by molar-refractivity contribution is 0.0948. The predicted octanol–water partition coefficient (Wildman–Crippen LogP) is 1.94. The van der Waals surface area contributed by atoms with Gasteiger partial charge in [-0.15, -0.1) is 0 Å². The minimum Gasteiger partial charge on any atom is -0.346 e. The van der Waals surface area contributed by atoms with Gasteiger partial charge in [-0.3, -0.25) is 4.79 Å². The van der Waals surface area contributed by atoms with Crippen LogP contribution < -0.4 is 5.32 Å². The Hall–Kier alpha value is -2.37. The van der Waals surface area contributed by atoms with Crippen LogP contribution in [0.25, 0.3) is 0 Å². The summed E-state index contributed by atoms with van der Waals surface area (Å²) in [4.78, 5) is 29.1. The maximum Gasteiger partial charge on any atom is 0.255 e. The molecule has 6 heteroatoms. The van der Waals surface area contributed by atoms with E-state index >= 15 is 0 Å². The van der Waals surface area contributed by atoms with Gasteiger partial charge in [0.2, 0.25) is 0 Å². The summed E-state index contributed by atoms with van der Waals surface area (Å²) in [6.07, 6.45) is 3.26. The zero-order valence-corrected chi connectivity index (χ0v) is 12.7. The molecule has 0 aliphatic rings. The summed E-state index contributed by atoms with van der Waals surface area (Å²) in [5.74, 6) is 1.33. The molecule has 110 valence electrons. The highest BCUT2D eigenvalue weighted by Crippen LogP contribution is 2.16. The minimum absolute atomic E-state index is 0.161. The van der Waals surface area contributed by atoms with Gasteiger partial charge in [-0.1, -0.05) is 13.8 Å². The van der Waals surface area contributed by atoms with Crippen molar-refractivity contribution in [2.45, 2.75) is 40.2 Å². The van der Waals surface area contributed by atoms with E-state index in [1.165, 1.54) is 0 Å². The molecule has 2 aromatic rings. The molecule has 0 aromatic carbocycles. The van der Waals surface area contributed by atoms with E-state index in [-0.39, 0.29) is 11.8 Å². The lowest BCUT2D eigenvalue weighted by atomic mass is 10.0. The third kappa shape index (κ3) is 3.81. The Labute approximate surface area is 124 Å². The number of carbonyl (C=O) groups excluding carboxylic acids is 1. The summed E-state index contributed by atoms with van der Waals surface area (Å²) in [7, 11) is 0. The zero-order chi connectivity index (χ0) is 15.4. The molecule has 1 amide bonds. The molecule has 6 nitrogen and oxygen atoms in total. The molecular weight excluding hydrogens is 266 g/mol. The maximum absolute atomic E-state index is 12.3. The van der Waals surface area contributed by atoms with E-state index in [9.17, 15) is 4.79 Å². The van der Waals surface area contributed by atoms with Crippen LogP contribution >= 0.6 is 0 Å². The number of aryl methyl sites for hydroxylation is 2. The van der Waals surface area contributed by atoms with Crippen molar-refractivity contribution in [2.75, 3.05) is 0 Å². The molecule has 1 N–H and O–H groups in total. The van der Waals surface area contributed by atoms with E-state index in [0.717, 1.165) is 11.4 Å². The van der Waals surface area contributed by atoms with Crippen LogP contribution in [0.5, 0.6) is 0 Å². The molecule has 0 fully saturated rings. The quantitative estimate of drug-likeness (QED) is 0.928. The second kappa shape index (κ2) is 6.39. The van der Waals surface area contributed by atoms with Crippen molar-refractivity contribution in [3.63, 3.8) is 0 Å². The van der Waals surface area contributed by atoms with Crippen LogP contribution in [0.3, 0.4) is 0 Å². The summed E-state index contributed by atoms with van der Waals surface area (Å²) in [6, 6.07) is 1.78. The van der Waals surface area contributed by atoms with E-state index in [0.29, 0.717) is 23.8 Å². The molecule has 0 bridgehead atoms. The fraction of sp³-hybridized carbons (Fsp3) is 0.400. The Morgan fingerprint density at radius 2 is 1.90 bits per heavy atom. The number of nitrogens with one attached hydrogen (secondary N) is 1. The SMILES string of the molecule is Cc1nccc(CNC(=O)c2cnc(C)nc2C(C)C)n1. The Balaban J connectivity index is 2.14. The fourth-order valence-electron chi connectivity index (χ4n) is 1.97. The van der Waals surface area contributed by atoms with Crippen LogP contribution in [-0.2, 0) is 6.54 Å². The predicted molar refractivity (Wildman–Crippen MR) is 78.8 cm³/mol. The number of carbonyl (C=O) groups is 1. The average Bonchev–Trinajstić information content (AvgIpc) is 2.44. The normalized spacial score (nSPS) is 10.7. The molecule has 0 aliphatic heterocycles. The molecule has 0 radical (unpaired) electrons. The summed E-state index contributed by atoms with van der Waals surface area (Å²) >= 11 is 0. The number of amides is 1. The Bertz CT molecular complexity index is 654. The van der Waals surface area contributed by atoms with Crippen LogP contribution in [0.2, 0.25) is 0 Å². The molecule has 2 rings (SSSR count). The van der Waals surface area contributed by atoms with Crippen molar-refractivity contribution in [3.8, 4) is 0 Å². The third-order valence-corrected chi connectivity index (χ3v) is 2.99. The smallest absolute Gasteiger partial charge is 0.255 e. The van der Waals surface area contributed by atoms with Crippen molar-refractivity contribution in [1.82, 2.24) is 25.3 Å². The molecule has 0 spiro atoms. The average molecular weight is 285 g/mol. The molecule has 2 heterocycles.